The lowest BCUT2D eigenvalue weighted by Gasteiger charge is -2.23. The van der Waals surface area contributed by atoms with Crippen LogP contribution in [0.2, 0.25) is 0 Å². The van der Waals surface area contributed by atoms with Gasteiger partial charge in [0.2, 0.25) is 5.96 Å². The number of nitrogens with two attached hydrogens (primary N) is 1. The van der Waals surface area contributed by atoms with Gasteiger partial charge in [-0.15, -0.1) is 0 Å². The summed E-state index contributed by atoms with van der Waals surface area (Å²) in [5, 5.41) is -0.104. The van der Waals surface area contributed by atoms with Crippen LogP contribution in [0.3, 0.4) is 0 Å². The molecular weight excluding hydrogens is 318 g/mol. The number of amides is 2. The minimum Gasteiger partial charge on any atom is -0.445 e. The number of guanidine groups is 1. The largest absolute Gasteiger partial charge is 0.445 e. The van der Waals surface area contributed by atoms with E-state index >= 15 is 0 Å². The third kappa shape index (κ3) is 4.47. The van der Waals surface area contributed by atoms with Crippen molar-refractivity contribution in [1.82, 2.24) is 9.80 Å². The van der Waals surface area contributed by atoms with E-state index in [1.807, 2.05) is 0 Å². The number of hydrogen-bond acceptors (Lipinski definition) is 5. The smallest absolute Gasteiger partial charge is 0.410 e. The van der Waals surface area contributed by atoms with E-state index in [2.05, 4.69) is 29.2 Å². The van der Waals surface area contributed by atoms with Gasteiger partial charge in [0, 0.05) is 24.9 Å². The van der Waals surface area contributed by atoms with Crippen molar-refractivity contribution in [2.45, 2.75) is 24.1 Å². The molecule has 9 heteroatoms. The Hall–Kier alpha value is -2.03. The summed E-state index contributed by atoms with van der Waals surface area (Å²) in [5.41, 5.74) is 5.85. The van der Waals surface area contributed by atoms with Crippen molar-refractivity contribution in [2.75, 3.05) is 26.2 Å². The Morgan fingerprint density at radius 3 is 3.00 bits per heavy atom. The van der Waals surface area contributed by atoms with Crippen molar-refractivity contribution in [3.05, 3.63) is 12.7 Å². The molecule has 2 aliphatic rings. The van der Waals surface area contributed by atoms with Gasteiger partial charge in [-0.25, -0.2) is 4.79 Å². The van der Waals surface area contributed by atoms with Gasteiger partial charge in [0.1, 0.15) is 12.6 Å². The predicted octanol–water partition coefficient (Wildman–Crippen LogP) is 0.257. The maximum absolute atomic E-state index is 12.4. The maximum atomic E-state index is 12.4. The van der Waals surface area contributed by atoms with Crippen molar-refractivity contribution in [3.63, 3.8) is 0 Å². The fraction of sp³-hybridized carbons (Fsp3) is 0.571. The Balaban J connectivity index is 2.06. The van der Waals surface area contributed by atoms with Crippen molar-refractivity contribution in [2.24, 2.45) is 15.7 Å². The summed E-state index contributed by atoms with van der Waals surface area (Å²) in [4.78, 5) is 35.4. The number of hydrogen-bond donors (Lipinski definition) is 2. The molecule has 0 spiro atoms. The third-order valence-electron chi connectivity index (χ3n) is 3.55. The zero-order valence-electron chi connectivity index (χ0n) is 12.8. The molecule has 0 aromatic rings. The summed E-state index contributed by atoms with van der Waals surface area (Å²) >= 11 is 4.35. The number of nitrogens with zero attached hydrogens (tertiary/aromatic N) is 4. The summed E-state index contributed by atoms with van der Waals surface area (Å²) in [6.45, 7) is 5.31. The molecule has 23 heavy (non-hydrogen) atoms. The number of thiol groups is 1. The first-order valence-electron chi connectivity index (χ1n) is 7.40. The molecular formula is C14H21N5O3S. The molecule has 2 amide bonds. The summed E-state index contributed by atoms with van der Waals surface area (Å²) in [6.07, 6.45) is 3.73. The molecule has 0 saturated carbocycles. The quantitative estimate of drug-likeness (QED) is 0.332. The average Bonchev–Trinajstić information content (AvgIpc) is 2.95. The van der Waals surface area contributed by atoms with Crippen LogP contribution in [0, 0.1) is 0 Å². The summed E-state index contributed by atoms with van der Waals surface area (Å²) in [7, 11) is 0. The Bertz CT molecular complexity index is 537. The summed E-state index contributed by atoms with van der Waals surface area (Å²) < 4.78 is 5.00. The second-order valence-corrected chi connectivity index (χ2v) is 6.03. The number of carbonyl (C=O) groups is 2. The first-order valence-corrected chi connectivity index (χ1v) is 7.91. The van der Waals surface area contributed by atoms with Gasteiger partial charge in [-0.05, 0) is 12.8 Å². The molecule has 0 bridgehead atoms. The third-order valence-corrected chi connectivity index (χ3v) is 3.92. The zero-order valence-corrected chi connectivity index (χ0v) is 13.7. The molecule has 0 aromatic carbocycles. The van der Waals surface area contributed by atoms with Crippen LogP contribution >= 0.6 is 12.6 Å². The van der Waals surface area contributed by atoms with Crippen LogP contribution in [0.1, 0.15) is 12.8 Å². The van der Waals surface area contributed by atoms with E-state index in [1.165, 1.54) is 11.0 Å². The summed E-state index contributed by atoms with van der Waals surface area (Å²) in [6, 6.07) is -0.713. The number of likely N-dealkylation sites (tertiary alicyclic amines) is 1. The standard InChI is InChI=1S/C14H21N5O3S/c1-2-6-22-14(21)19-8-10(23)7-11(19)12(20)17-13(15)18-5-3-4-16-9-18/h2,9-11,23H,1,3-8H2,(H2,15,17,20)/t10-,11-/m0/s1. The Labute approximate surface area is 140 Å². The average molecular weight is 339 g/mol. The van der Waals surface area contributed by atoms with E-state index in [0.29, 0.717) is 19.5 Å². The topological polar surface area (TPSA) is 101 Å². The maximum Gasteiger partial charge on any atom is 0.410 e. The van der Waals surface area contributed by atoms with Gasteiger partial charge in [0.25, 0.3) is 5.91 Å². The van der Waals surface area contributed by atoms with Gasteiger partial charge in [-0.2, -0.15) is 17.6 Å². The first-order chi connectivity index (χ1) is 11.0. The van der Waals surface area contributed by atoms with Gasteiger partial charge in [0.15, 0.2) is 0 Å². The molecule has 2 N–H and O–H groups in total. The first kappa shape index (κ1) is 17.3. The van der Waals surface area contributed by atoms with Gasteiger partial charge >= 0.3 is 6.09 Å². The van der Waals surface area contributed by atoms with E-state index in [4.69, 9.17) is 10.5 Å². The molecule has 1 fully saturated rings. The number of ether oxygens (including phenoxy) is 1. The molecule has 2 atom stereocenters. The Morgan fingerprint density at radius 2 is 2.35 bits per heavy atom. The number of aliphatic imine (C=N–C) groups is 2. The normalized spacial score (nSPS) is 24.7. The highest BCUT2D eigenvalue weighted by atomic mass is 32.1. The fourth-order valence-corrected chi connectivity index (χ4v) is 2.81. The summed E-state index contributed by atoms with van der Waals surface area (Å²) in [5.74, 6) is -0.394. The molecule has 2 heterocycles. The molecule has 0 aliphatic carbocycles. The van der Waals surface area contributed by atoms with Crippen molar-refractivity contribution >= 4 is 36.9 Å². The Morgan fingerprint density at radius 1 is 1.57 bits per heavy atom. The zero-order chi connectivity index (χ0) is 16.8. The van der Waals surface area contributed by atoms with Crippen molar-refractivity contribution in [3.8, 4) is 0 Å². The lowest BCUT2D eigenvalue weighted by Crippen LogP contribution is -2.43. The monoisotopic (exact) mass is 339 g/mol. The minimum absolute atomic E-state index is 0.0838. The van der Waals surface area contributed by atoms with Crippen LogP contribution in [-0.2, 0) is 9.53 Å². The van der Waals surface area contributed by atoms with Crippen LogP contribution < -0.4 is 5.73 Å². The highest BCUT2D eigenvalue weighted by molar-refractivity contribution is 7.81. The van der Waals surface area contributed by atoms with Crippen LogP contribution in [-0.4, -0.2) is 71.6 Å². The highest BCUT2D eigenvalue weighted by Gasteiger charge is 2.39. The second-order valence-electron chi connectivity index (χ2n) is 5.30. The highest BCUT2D eigenvalue weighted by Crippen LogP contribution is 2.23. The van der Waals surface area contributed by atoms with Crippen LogP contribution in [0.4, 0.5) is 4.79 Å². The fourth-order valence-electron chi connectivity index (χ4n) is 2.43. The van der Waals surface area contributed by atoms with Crippen LogP contribution in [0.15, 0.2) is 22.6 Å². The van der Waals surface area contributed by atoms with Crippen molar-refractivity contribution in [1.29, 1.82) is 0 Å². The second kappa shape index (κ2) is 8.00. The van der Waals surface area contributed by atoms with Gasteiger partial charge < -0.3 is 15.4 Å². The SMILES string of the molecule is C=CCOC(=O)N1C[C@@H](S)C[C@H]1C(=O)N=C(N)N1C=NCCC1. The van der Waals surface area contributed by atoms with E-state index < -0.39 is 18.0 Å². The minimum atomic E-state index is -0.713. The number of rotatable bonds is 3. The van der Waals surface area contributed by atoms with E-state index in [1.54, 1.807) is 11.2 Å². The Kier molecular flexibility index (Phi) is 6.03. The number of carbonyl (C=O) groups excluding carboxylic acids is 2. The lowest BCUT2D eigenvalue weighted by molar-refractivity contribution is -0.121. The molecule has 126 valence electrons. The molecule has 2 aliphatic heterocycles. The predicted molar refractivity (Wildman–Crippen MR) is 90.7 cm³/mol. The van der Waals surface area contributed by atoms with Gasteiger partial charge in [-0.3, -0.25) is 14.7 Å². The molecule has 2 rings (SSSR count). The molecule has 1 saturated heterocycles. The molecule has 0 aromatic heterocycles. The lowest BCUT2D eigenvalue weighted by atomic mass is 10.2. The molecule has 0 unspecified atom stereocenters. The van der Waals surface area contributed by atoms with E-state index in [9.17, 15) is 9.59 Å². The van der Waals surface area contributed by atoms with E-state index in [-0.39, 0.29) is 17.8 Å². The molecule has 0 radical (unpaired) electrons. The van der Waals surface area contributed by atoms with Gasteiger partial charge in [-0.1, -0.05) is 12.7 Å². The van der Waals surface area contributed by atoms with Gasteiger partial charge in [0.05, 0.1) is 6.34 Å². The van der Waals surface area contributed by atoms with Crippen LogP contribution in [0.5, 0.6) is 0 Å². The molecule has 8 nitrogen and oxygen atoms in total. The van der Waals surface area contributed by atoms with Crippen LogP contribution in [0.25, 0.3) is 0 Å². The van der Waals surface area contributed by atoms with Crippen molar-refractivity contribution < 1.29 is 14.3 Å². The van der Waals surface area contributed by atoms with E-state index in [0.717, 1.165) is 13.0 Å².